The number of carbonyl (C=O) groups excluding carboxylic acids is 2. The lowest BCUT2D eigenvalue weighted by Crippen LogP contribution is -2.23. The molecule has 2 aliphatic rings. The van der Waals surface area contributed by atoms with E-state index in [0.717, 1.165) is 35.0 Å². The van der Waals surface area contributed by atoms with Gasteiger partial charge in [0.25, 0.3) is 11.1 Å². The van der Waals surface area contributed by atoms with Crippen molar-refractivity contribution in [3.05, 3.63) is 63.6 Å². The van der Waals surface area contributed by atoms with Gasteiger partial charge in [-0.3, -0.25) is 14.9 Å². The van der Waals surface area contributed by atoms with Crippen LogP contribution < -0.4 is 10.2 Å². The third-order valence-electron chi connectivity index (χ3n) is 6.59. The summed E-state index contributed by atoms with van der Waals surface area (Å²) in [5, 5.41) is 2.01. The van der Waals surface area contributed by atoms with Gasteiger partial charge in [-0.05, 0) is 94.1 Å². The van der Waals surface area contributed by atoms with Gasteiger partial charge in [0.2, 0.25) is 0 Å². The lowest BCUT2D eigenvalue weighted by atomic mass is 9.70. The summed E-state index contributed by atoms with van der Waals surface area (Å²) < 4.78 is 0. The molecule has 1 aliphatic carbocycles. The molecule has 2 aromatic carbocycles. The fourth-order valence-corrected chi connectivity index (χ4v) is 5.43. The average molecular weight is 461 g/mol. The number of benzene rings is 2. The van der Waals surface area contributed by atoms with Gasteiger partial charge in [-0.2, -0.15) is 0 Å². The third kappa shape index (κ3) is 4.39. The van der Waals surface area contributed by atoms with E-state index >= 15 is 0 Å². The van der Waals surface area contributed by atoms with Crippen LogP contribution in [0.25, 0.3) is 22.8 Å². The predicted molar refractivity (Wildman–Crippen MR) is 141 cm³/mol. The van der Waals surface area contributed by atoms with E-state index in [2.05, 4.69) is 75.2 Å². The van der Waals surface area contributed by atoms with Gasteiger partial charge in [-0.15, -0.1) is 0 Å². The highest BCUT2D eigenvalue weighted by Gasteiger charge is 2.30. The zero-order valence-electron chi connectivity index (χ0n) is 20.5. The molecule has 0 radical (unpaired) electrons. The average Bonchev–Trinajstić information content (AvgIpc) is 3.04. The molecular weight excluding hydrogens is 428 g/mol. The number of rotatable bonds is 4. The molecule has 0 bridgehead atoms. The lowest BCUT2D eigenvalue weighted by molar-refractivity contribution is -0.115. The summed E-state index contributed by atoms with van der Waals surface area (Å²) in [4.78, 5) is 26.2. The summed E-state index contributed by atoms with van der Waals surface area (Å²) in [6.45, 7) is 11.3. The van der Waals surface area contributed by atoms with Crippen LogP contribution >= 0.6 is 11.8 Å². The number of imide groups is 1. The second kappa shape index (κ2) is 8.53. The van der Waals surface area contributed by atoms with Gasteiger partial charge in [0.05, 0.1) is 4.91 Å². The van der Waals surface area contributed by atoms with Crippen LogP contribution in [0.5, 0.6) is 0 Å². The van der Waals surface area contributed by atoms with Crippen molar-refractivity contribution < 1.29 is 9.59 Å². The van der Waals surface area contributed by atoms with Crippen molar-refractivity contribution in [1.82, 2.24) is 5.32 Å². The number of nitrogens with zero attached hydrogens (tertiary/aromatic N) is 1. The monoisotopic (exact) mass is 460 g/mol. The van der Waals surface area contributed by atoms with Crippen molar-refractivity contribution in [2.24, 2.45) is 5.92 Å². The van der Waals surface area contributed by atoms with Gasteiger partial charge in [0.1, 0.15) is 0 Å². The summed E-state index contributed by atoms with van der Waals surface area (Å²) in [7, 11) is 4.10. The van der Waals surface area contributed by atoms with Crippen LogP contribution in [0.15, 0.2) is 41.3 Å². The molecule has 1 saturated heterocycles. The Balaban J connectivity index is 1.91. The minimum Gasteiger partial charge on any atom is -0.377 e. The van der Waals surface area contributed by atoms with E-state index < -0.39 is 0 Å². The summed E-state index contributed by atoms with van der Waals surface area (Å²) in [6.07, 6.45) is 5.26. The molecular formula is C28H32N2O2S. The van der Waals surface area contributed by atoms with Crippen LogP contribution in [-0.4, -0.2) is 25.2 Å². The number of allylic oxidation sites excluding steroid dienone is 2. The molecule has 1 aliphatic heterocycles. The fourth-order valence-electron chi connectivity index (χ4n) is 4.75. The highest BCUT2D eigenvalue weighted by atomic mass is 32.2. The van der Waals surface area contributed by atoms with Gasteiger partial charge >= 0.3 is 0 Å². The molecule has 4 nitrogen and oxygen atoms in total. The first-order chi connectivity index (χ1) is 15.5. The molecule has 1 heterocycles. The molecule has 5 heteroatoms. The zero-order chi connectivity index (χ0) is 24.1. The molecule has 0 saturated carbocycles. The normalized spacial score (nSPS) is 18.4. The second-order valence-corrected chi connectivity index (χ2v) is 11.2. The van der Waals surface area contributed by atoms with Crippen LogP contribution in [0.2, 0.25) is 0 Å². The summed E-state index contributed by atoms with van der Waals surface area (Å²) in [6, 6.07) is 10.9. The van der Waals surface area contributed by atoms with Crippen molar-refractivity contribution in [3.8, 4) is 11.1 Å². The van der Waals surface area contributed by atoms with Gasteiger partial charge in [-0.1, -0.05) is 45.9 Å². The minimum atomic E-state index is -0.331. The molecule has 0 spiro atoms. The van der Waals surface area contributed by atoms with E-state index in [-0.39, 0.29) is 16.6 Å². The number of fused-ring (bicyclic) bond motifs is 1. The molecule has 4 rings (SSSR count). The number of hydrogen-bond donors (Lipinski definition) is 1. The first kappa shape index (κ1) is 23.4. The molecule has 172 valence electrons. The topological polar surface area (TPSA) is 49.4 Å². The smallest absolute Gasteiger partial charge is 0.290 e. The first-order valence-corrected chi connectivity index (χ1v) is 12.2. The second-order valence-electron chi connectivity index (χ2n) is 10.1. The Labute approximate surface area is 201 Å². The van der Waals surface area contributed by atoms with Crippen molar-refractivity contribution in [3.63, 3.8) is 0 Å². The molecule has 2 aromatic rings. The zero-order valence-corrected chi connectivity index (χ0v) is 21.3. The Hall–Kier alpha value is -2.79. The number of anilines is 1. The molecule has 1 N–H and O–H groups in total. The molecule has 2 amide bonds. The highest BCUT2D eigenvalue weighted by Crippen LogP contribution is 2.45. The minimum absolute atomic E-state index is 0.104. The van der Waals surface area contributed by atoms with E-state index in [1.165, 1.54) is 27.8 Å². The summed E-state index contributed by atoms with van der Waals surface area (Å²) >= 11 is 0.949. The first-order valence-electron chi connectivity index (χ1n) is 11.4. The van der Waals surface area contributed by atoms with E-state index in [9.17, 15) is 9.59 Å². The number of hydrogen-bond acceptors (Lipinski definition) is 4. The quantitative estimate of drug-likeness (QED) is 0.511. The standard InChI is InChI=1S/C28H32N2O2S/c1-16(2)19-10-11-28(4,5)23-12-17(3)20(15-21(19)23)22-13-18(8-9-24(22)30(6)7)14-25-26(31)29-27(32)33-25/h8-10,12-16H,11H2,1-7H3,(H,29,31,32)/b25-14-. The van der Waals surface area contributed by atoms with E-state index in [1.807, 2.05) is 20.2 Å². The molecule has 1 fully saturated rings. The van der Waals surface area contributed by atoms with Crippen molar-refractivity contribution in [1.29, 1.82) is 0 Å². The number of amides is 2. The van der Waals surface area contributed by atoms with Crippen molar-refractivity contribution in [2.45, 2.75) is 46.5 Å². The maximum atomic E-state index is 12.1. The van der Waals surface area contributed by atoms with E-state index in [4.69, 9.17) is 0 Å². The SMILES string of the molecule is Cc1cc2c(cc1-c1cc(/C=C3\SC(=O)NC3=O)ccc1N(C)C)C(C(C)C)=CCC2(C)C. The molecule has 0 unspecified atom stereocenters. The molecule has 33 heavy (non-hydrogen) atoms. The summed E-state index contributed by atoms with van der Waals surface area (Å²) in [5.74, 6) is 0.123. The Morgan fingerprint density at radius 2 is 1.79 bits per heavy atom. The Morgan fingerprint density at radius 3 is 2.39 bits per heavy atom. The van der Waals surface area contributed by atoms with Gasteiger partial charge < -0.3 is 4.90 Å². The number of aryl methyl sites for hydroxylation is 1. The van der Waals surface area contributed by atoms with Crippen LogP contribution in [0, 0.1) is 12.8 Å². The number of thioether (sulfide) groups is 1. The predicted octanol–water partition coefficient (Wildman–Crippen LogP) is 6.77. The van der Waals surface area contributed by atoms with Crippen LogP contribution in [0.4, 0.5) is 10.5 Å². The largest absolute Gasteiger partial charge is 0.377 e. The summed E-state index contributed by atoms with van der Waals surface area (Å²) in [5.41, 5.74) is 9.84. The van der Waals surface area contributed by atoms with Crippen molar-refractivity contribution >= 4 is 40.2 Å². The van der Waals surface area contributed by atoms with Crippen LogP contribution in [-0.2, 0) is 10.2 Å². The fraction of sp³-hybridized carbons (Fsp3) is 0.357. The van der Waals surface area contributed by atoms with Gasteiger partial charge in [0, 0.05) is 25.3 Å². The maximum Gasteiger partial charge on any atom is 0.290 e. The molecule has 0 aromatic heterocycles. The van der Waals surface area contributed by atoms with Crippen LogP contribution in [0.1, 0.15) is 56.4 Å². The van der Waals surface area contributed by atoms with E-state index in [0.29, 0.717) is 10.8 Å². The molecule has 0 atom stereocenters. The highest BCUT2D eigenvalue weighted by molar-refractivity contribution is 8.18. The van der Waals surface area contributed by atoms with Crippen molar-refractivity contribution in [2.75, 3.05) is 19.0 Å². The van der Waals surface area contributed by atoms with Crippen LogP contribution in [0.3, 0.4) is 0 Å². The maximum absolute atomic E-state index is 12.1. The number of nitrogens with one attached hydrogen (secondary N) is 1. The Kier molecular flexibility index (Phi) is 6.04. The lowest BCUT2D eigenvalue weighted by Gasteiger charge is -2.34. The van der Waals surface area contributed by atoms with Gasteiger partial charge in [0.15, 0.2) is 0 Å². The number of carbonyl (C=O) groups is 2. The Morgan fingerprint density at radius 1 is 1.06 bits per heavy atom. The Bertz CT molecular complexity index is 1220. The third-order valence-corrected chi connectivity index (χ3v) is 7.40. The van der Waals surface area contributed by atoms with E-state index in [1.54, 1.807) is 6.08 Å². The van der Waals surface area contributed by atoms with Gasteiger partial charge in [-0.25, -0.2) is 0 Å².